The zero-order chi connectivity index (χ0) is 18.1. The van der Waals surface area contributed by atoms with Gasteiger partial charge in [0.1, 0.15) is 0 Å². The highest BCUT2D eigenvalue weighted by Gasteiger charge is 2.48. The smallest absolute Gasteiger partial charge is 0.0175 e. The minimum atomic E-state index is 0.122. The standard InChI is InChI=1S/C21H45N/c1-15(2)17(19(7,8)14-18(4,5)6)16(3)20(9,10)21(11,12)22-13/h15-17,22H,14H2,1-13H3. The topological polar surface area (TPSA) is 12.0 Å². The molecule has 0 saturated carbocycles. The molecule has 0 aliphatic heterocycles. The van der Waals surface area contributed by atoms with Gasteiger partial charge in [0.2, 0.25) is 0 Å². The summed E-state index contributed by atoms with van der Waals surface area (Å²) in [6.45, 7) is 29.0. The van der Waals surface area contributed by atoms with E-state index in [9.17, 15) is 0 Å². The summed E-state index contributed by atoms with van der Waals surface area (Å²) >= 11 is 0. The van der Waals surface area contributed by atoms with Crippen LogP contribution in [0.5, 0.6) is 0 Å². The summed E-state index contributed by atoms with van der Waals surface area (Å²) in [5.74, 6) is 2.04. The third-order valence-electron chi connectivity index (χ3n) is 6.52. The number of hydrogen-bond donors (Lipinski definition) is 1. The van der Waals surface area contributed by atoms with Gasteiger partial charge in [0, 0.05) is 5.54 Å². The molecule has 0 aromatic rings. The number of nitrogens with one attached hydrogen (secondary N) is 1. The zero-order valence-corrected chi connectivity index (χ0v) is 17.9. The molecule has 2 atom stereocenters. The number of rotatable bonds is 7. The van der Waals surface area contributed by atoms with Crippen LogP contribution in [0.1, 0.15) is 89.5 Å². The van der Waals surface area contributed by atoms with Crippen LogP contribution in [0, 0.1) is 34.0 Å². The third-order valence-corrected chi connectivity index (χ3v) is 6.52. The van der Waals surface area contributed by atoms with Crippen LogP contribution in [-0.4, -0.2) is 12.6 Å². The summed E-state index contributed by atoms with van der Waals surface area (Å²) in [6.07, 6.45) is 1.27. The summed E-state index contributed by atoms with van der Waals surface area (Å²) in [5.41, 5.74) is 1.06. The molecular weight excluding hydrogens is 266 g/mol. The fraction of sp³-hybridized carbons (Fsp3) is 1.00. The van der Waals surface area contributed by atoms with Gasteiger partial charge in [0.15, 0.2) is 0 Å². The highest BCUT2D eigenvalue weighted by atomic mass is 14.9. The average Bonchev–Trinajstić information content (AvgIpc) is 2.23. The van der Waals surface area contributed by atoms with Crippen LogP contribution in [0.4, 0.5) is 0 Å². The van der Waals surface area contributed by atoms with Crippen LogP contribution < -0.4 is 5.32 Å². The maximum Gasteiger partial charge on any atom is 0.0175 e. The monoisotopic (exact) mass is 311 g/mol. The highest BCUT2D eigenvalue weighted by molar-refractivity contribution is 5.00. The Balaban J connectivity index is 5.69. The zero-order valence-electron chi connectivity index (χ0n) is 17.9. The molecular formula is C21H45N. The lowest BCUT2D eigenvalue weighted by Gasteiger charge is -2.54. The summed E-state index contributed by atoms with van der Waals surface area (Å²) in [6, 6.07) is 0. The molecule has 0 amide bonds. The van der Waals surface area contributed by atoms with E-state index in [-0.39, 0.29) is 11.0 Å². The fourth-order valence-electron chi connectivity index (χ4n) is 4.98. The largest absolute Gasteiger partial charge is 0.314 e. The molecule has 0 aromatic carbocycles. The predicted octanol–water partition coefficient (Wildman–Crippen LogP) is 6.38. The van der Waals surface area contributed by atoms with Gasteiger partial charge in [-0.05, 0) is 61.3 Å². The van der Waals surface area contributed by atoms with E-state index >= 15 is 0 Å². The maximum absolute atomic E-state index is 3.56. The summed E-state index contributed by atoms with van der Waals surface area (Å²) < 4.78 is 0. The van der Waals surface area contributed by atoms with Crippen molar-refractivity contribution in [2.45, 2.75) is 95.0 Å². The van der Waals surface area contributed by atoms with Crippen molar-refractivity contribution in [3.63, 3.8) is 0 Å². The van der Waals surface area contributed by atoms with E-state index in [0.717, 1.165) is 0 Å². The SMILES string of the molecule is CNC(C)(C)C(C)(C)C(C)C(C(C)C)C(C)(C)CC(C)(C)C. The normalized spacial score (nSPS) is 17.7. The molecule has 0 spiro atoms. The molecule has 0 aromatic heterocycles. The molecule has 0 heterocycles. The summed E-state index contributed by atoms with van der Waals surface area (Å²) in [7, 11) is 2.10. The Morgan fingerprint density at radius 1 is 0.773 bits per heavy atom. The van der Waals surface area contributed by atoms with E-state index in [0.29, 0.717) is 28.6 Å². The van der Waals surface area contributed by atoms with Crippen molar-refractivity contribution >= 4 is 0 Å². The van der Waals surface area contributed by atoms with Gasteiger partial charge in [0.25, 0.3) is 0 Å². The van der Waals surface area contributed by atoms with Gasteiger partial charge in [-0.15, -0.1) is 0 Å². The van der Waals surface area contributed by atoms with Crippen molar-refractivity contribution in [3.8, 4) is 0 Å². The molecule has 1 heteroatoms. The van der Waals surface area contributed by atoms with Crippen LogP contribution >= 0.6 is 0 Å². The van der Waals surface area contributed by atoms with Gasteiger partial charge in [-0.25, -0.2) is 0 Å². The first-order chi connectivity index (χ1) is 9.49. The minimum absolute atomic E-state index is 0.122. The second kappa shape index (κ2) is 6.83. The Morgan fingerprint density at radius 2 is 1.18 bits per heavy atom. The lowest BCUT2D eigenvalue weighted by atomic mass is 9.53. The average molecular weight is 312 g/mol. The maximum atomic E-state index is 3.56. The van der Waals surface area contributed by atoms with Crippen molar-refractivity contribution in [3.05, 3.63) is 0 Å². The molecule has 1 nitrogen and oxygen atoms in total. The van der Waals surface area contributed by atoms with E-state index in [1.807, 2.05) is 0 Å². The van der Waals surface area contributed by atoms with E-state index in [4.69, 9.17) is 0 Å². The molecule has 22 heavy (non-hydrogen) atoms. The van der Waals surface area contributed by atoms with Crippen LogP contribution in [-0.2, 0) is 0 Å². The molecule has 0 fully saturated rings. The van der Waals surface area contributed by atoms with Crippen LogP contribution in [0.2, 0.25) is 0 Å². The Kier molecular flexibility index (Phi) is 6.82. The molecule has 0 radical (unpaired) electrons. The third kappa shape index (κ3) is 4.98. The van der Waals surface area contributed by atoms with E-state index in [1.165, 1.54) is 6.42 Å². The summed E-state index contributed by atoms with van der Waals surface area (Å²) in [4.78, 5) is 0. The van der Waals surface area contributed by atoms with Crippen molar-refractivity contribution < 1.29 is 0 Å². The molecule has 0 aliphatic carbocycles. The molecule has 134 valence electrons. The first-order valence-corrected chi connectivity index (χ1v) is 9.18. The first kappa shape index (κ1) is 22.0. The molecule has 1 N–H and O–H groups in total. The highest BCUT2D eigenvalue weighted by Crippen LogP contribution is 2.52. The Hall–Kier alpha value is -0.0400. The van der Waals surface area contributed by atoms with Gasteiger partial charge in [-0.1, -0.05) is 69.2 Å². The van der Waals surface area contributed by atoms with Crippen molar-refractivity contribution in [2.24, 2.45) is 34.0 Å². The van der Waals surface area contributed by atoms with Gasteiger partial charge >= 0.3 is 0 Å². The lowest BCUT2D eigenvalue weighted by molar-refractivity contribution is -0.0287. The molecule has 0 saturated heterocycles. The number of hydrogen-bond acceptors (Lipinski definition) is 1. The quantitative estimate of drug-likeness (QED) is 0.575. The molecule has 2 unspecified atom stereocenters. The molecule has 0 bridgehead atoms. The Morgan fingerprint density at radius 3 is 1.45 bits per heavy atom. The van der Waals surface area contributed by atoms with E-state index in [1.54, 1.807) is 0 Å². The first-order valence-electron chi connectivity index (χ1n) is 9.18. The lowest BCUT2D eigenvalue weighted by Crippen LogP contribution is -2.56. The van der Waals surface area contributed by atoms with Crippen molar-refractivity contribution in [1.82, 2.24) is 5.32 Å². The van der Waals surface area contributed by atoms with Gasteiger partial charge in [-0.3, -0.25) is 0 Å². The summed E-state index contributed by atoms with van der Waals surface area (Å²) in [5, 5.41) is 3.56. The Labute approximate surface area is 142 Å². The van der Waals surface area contributed by atoms with Crippen molar-refractivity contribution in [2.75, 3.05) is 7.05 Å². The Bertz CT molecular complexity index is 341. The second-order valence-electron chi connectivity index (χ2n) is 10.9. The van der Waals surface area contributed by atoms with Gasteiger partial charge in [-0.2, -0.15) is 0 Å². The molecule has 0 rings (SSSR count). The minimum Gasteiger partial charge on any atom is -0.314 e. The van der Waals surface area contributed by atoms with Crippen LogP contribution in [0.25, 0.3) is 0 Å². The fourth-order valence-corrected chi connectivity index (χ4v) is 4.98. The predicted molar refractivity (Wildman–Crippen MR) is 102 cm³/mol. The van der Waals surface area contributed by atoms with Gasteiger partial charge < -0.3 is 5.32 Å². The van der Waals surface area contributed by atoms with Crippen molar-refractivity contribution in [1.29, 1.82) is 0 Å². The van der Waals surface area contributed by atoms with E-state index in [2.05, 4.69) is 95.4 Å². The van der Waals surface area contributed by atoms with Crippen LogP contribution in [0.15, 0.2) is 0 Å². The van der Waals surface area contributed by atoms with E-state index < -0.39 is 0 Å². The van der Waals surface area contributed by atoms with Crippen LogP contribution in [0.3, 0.4) is 0 Å². The second-order valence-corrected chi connectivity index (χ2v) is 10.9. The molecule has 0 aliphatic rings. The van der Waals surface area contributed by atoms with Gasteiger partial charge in [0.05, 0.1) is 0 Å².